The number of nitrogens with one attached hydrogen (secondary N) is 2. The van der Waals surface area contributed by atoms with Gasteiger partial charge in [0.05, 0.1) is 11.9 Å². The zero-order valence-electron chi connectivity index (χ0n) is 14.9. The second-order valence-electron chi connectivity index (χ2n) is 5.97. The van der Waals surface area contributed by atoms with E-state index in [1.165, 1.54) is 19.2 Å². The topological polar surface area (TPSA) is 98.6 Å². The average molecular weight is 391 g/mol. The fourth-order valence-electron chi connectivity index (χ4n) is 2.57. The Kier molecular flexibility index (Phi) is 5.68. The van der Waals surface area contributed by atoms with E-state index in [-0.39, 0.29) is 11.4 Å². The molecule has 138 valence electrons. The van der Waals surface area contributed by atoms with E-state index in [9.17, 15) is 14.9 Å². The third-order valence-electron chi connectivity index (χ3n) is 3.99. The molecule has 2 aromatic carbocycles. The summed E-state index contributed by atoms with van der Waals surface area (Å²) in [5.41, 5.74) is 2.89. The standard InChI is InChI=1S/C21H15ClN4O2/c1-13(27)15-3-2-4-19(10-15)25-21(28)16(11-23)9-17-12-24-26-20(17)14-5-7-18(22)8-6-14/h2-10,12H,1H3,(H,24,26)(H,25,28). The van der Waals surface area contributed by atoms with E-state index < -0.39 is 5.91 Å². The minimum atomic E-state index is -0.577. The number of hydrogen-bond acceptors (Lipinski definition) is 4. The van der Waals surface area contributed by atoms with Crippen LogP contribution in [0.15, 0.2) is 60.3 Å². The lowest BCUT2D eigenvalue weighted by Gasteiger charge is -2.06. The molecule has 0 aliphatic heterocycles. The highest BCUT2D eigenvalue weighted by atomic mass is 35.5. The fourth-order valence-corrected chi connectivity index (χ4v) is 2.70. The minimum absolute atomic E-state index is 0.0927. The van der Waals surface area contributed by atoms with Gasteiger partial charge in [-0.05, 0) is 37.3 Å². The Hall–Kier alpha value is -3.69. The first-order valence-corrected chi connectivity index (χ1v) is 8.69. The summed E-state index contributed by atoms with van der Waals surface area (Å²) in [6, 6.07) is 15.5. The maximum absolute atomic E-state index is 12.5. The minimum Gasteiger partial charge on any atom is -0.321 e. The Morgan fingerprint density at radius 1 is 1.21 bits per heavy atom. The van der Waals surface area contributed by atoms with Crippen molar-refractivity contribution in [3.63, 3.8) is 0 Å². The van der Waals surface area contributed by atoms with Gasteiger partial charge in [-0.3, -0.25) is 14.7 Å². The molecule has 0 fully saturated rings. The molecule has 0 bridgehead atoms. The van der Waals surface area contributed by atoms with Gasteiger partial charge in [-0.2, -0.15) is 10.4 Å². The third-order valence-corrected chi connectivity index (χ3v) is 4.25. The predicted molar refractivity (Wildman–Crippen MR) is 108 cm³/mol. The van der Waals surface area contributed by atoms with Gasteiger partial charge < -0.3 is 5.32 Å². The third kappa shape index (κ3) is 4.34. The molecule has 0 unspecified atom stereocenters. The molecule has 0 aliphatic rings. The highest BCUT2D eigenvalue weighted by Gasteiger charge is 2.13. The van der Waals surface area contributed by atoms with Crippen molar-refractivity contribution in [3.8, 4) is 17.3 Å². The van der Waals surface area contributed by atoms with Crippen molar-refractivity contribution in [2.24, 2.45) is 0 Å². The molecular weight excluding hydrogens is 376 g/mol. The van der Waals surface area contributed by atoms with Gasteiger partial charge in [-0.15, -0.1) is 0 Å². The highest BCUT2D eigenvalue weighted by Crippen LogP contribution is 2.25. The molecule has 0 aliphatic carbocycles. The number of halogens is 1. The van der Waals surface area contributed by atoms with Crippen LogP contribution in [0.5, 0.6) is 0 Å². The molecule has 7 heteroatoms. The van der Waals surface area contributed by atoms with Gasteiger partial charge in [0.25, 0.3) is 5.91 Å². The molecule has 0 saturated carbocycles. The lowest BCUT2D eigenvalue weighted by Crippen LogP contribution is -2.13. The normalized spacial score (nSPS) is 11.0. The number of anilines is 1. The van der Waals surface area contributed by atoms with Gasteiger partial charge >= 0.3 is 0 Å². The molecule has 0 spiro atoms. The number of carbonyl (C=O) groups is 2. The Morgan fingerprint density at radius 3 is 2.64 bits per heavy atom. The summed E-state index contributed by atoms with van der Waals surface area (Å²) >= 11 is 5.91. The summed E-state index contributed by atoms with van der Waals surface area (Å²) in [6.07, 6.45) is 2.99. The molecule has 0 radical (unpaired) electrons. The predicted octanol–water partition coefficient (Wildman–Crippen LogP) is 4.48. The largest absolute Gasteiger partial charge is 0.321 e. The summed E-state index contributed by atoms with van der Waals surface area (Å²) in [6.45, 7) is 1.44. The first-order valence-electron chi connectivity index (χ1n) is 8.31. The van der Waals surface area contributed by atoms with Crippen molar-refractivity contribution in [1.82, 2.24) is 10.2 Å². The maximum atomic E-state index is 12.5. The van der Waals surface area contributed by atoms with Crippen molar-refractivity contribution in [2.45, 2.75) is 6.92 Å². The van der Waals surface area contributed by atoms with Gasteiger partial charge in [0, 0.05) is 27.4 Å². The Bertz CT molecular complexity index is 1110. The SMILES string of the molecule is CC(=O)c1cccc(NC(=O)C(C#N)=Cc2cn[nH]c2-c2ccc(Cl)cc2)c1. The van der Waals surface area contributed by atoms with E-state index in [1.54, 1.807) is 36.4 Å². The number of nitrogens with zero attached hydrogens (tertiary/aromatic N) is 2. The number of nitriles is 1. The van der Waals surface area contributed by atoms with Gasteiger partial charge in [0.2, 0.25) is 0 Å². The van der Waals surface area contributed by atoms with Crippen LogP contribution >= 0.6 is 11.6 Å². The Balaban J connectivity index is 1.87. The van der Waals surface area contributed by atoms with E-state index in [2.05, 4.69) is 15.5 Å². The monoisotopic (exact) mass is 390 g/mol. The van der Waals surface area contributed by atoms with Crippen LogP contribution in [-0.4, -0.2) is 21.9 Å². The number of ketones is 1. The van der Waals surface area contributed by atoms with Crippen LogP contribution in [-0.2, 0) is 4.79 Å². The Labute approximate surface area is 166 Å². The zero-order valence-corrected chi connectivity index (χ0v) is 15.6. The Morgan fingerprint density at radius 2 is 1.96 bits per heavy atom. The molecule has 1 amide bonds. The number of hydrogen-bond donors (Lipinski definition) is 2. The highest BCUT2D eigenvalue weighted by molar-refractivity contribution is 6.30. The molecule has 28 heavy (non-hydrogen) atoms. The molecular formula is C21H15ClN4O2. The molecule has 3 aromatic rings. The van der Waals surface area contributed by atoms with E-state index in [4.69, 9.17) is 11.6 Å². The molecule has 0 atom stereocenters. The van der Waals surface area contributed by atoms with Crippen LogP contribution in [0.25, 0.3) is 17.3 Å². The van der Waals surface area contributed by atoms with Crippen molar-refractivity contribution in [1.29, 1.82) is 5.26 Å². The molecule has 1 aromatic heterocycles. The van der Waals surface area contributed by atoms with E-state index >= 15 is 0 Å². The van der Waals surface area contributed by atoms with Crippen LogP contribution in [0.1, 0.15) is 22.8 Å². The van der Waals surface area contributed by atoms with Gasteiger partial charge in [0.1, 0.15) is 11.6 Å². The smallest absolute Gasteiger partial charge is 0.266 e. The van der Waals surface area contributed by atoms with Crippen LogP contribution in [0.3, 0.4) is 0 Å². The van der Waals surface area contributed by atoms with Crippen molar-refractivity contribution in [2.75, 3.05) is 5.32 Å². The lowest BCUT2D eigenvalue weighted by atomic mass is 10.1. The molecule has 2 N–H and O–H groups in total. The number of Topliss-reactive ketones (excluding diaryl/α,β-unsaturated/α-hetero) is 1. The second kappa shape index (κ2) is 8.33. The fraction of sp³-hybridized carbons (Fsp3) is 0.0476. The summed E-state index contributed by atoms with van der Waals surface area (Å²) < 4.78 is 0. The van der Waals surface area contributed by atoms with E-state index in [0.29, 0.717) is 27.5 Å². The average Bonchev–Trinajstić information content (AvgIpc) is 3.15. The number of benzene rings is 2. The van der Waals surface area contributed by atoms with E-state index in [0.717, 1.165) is 5.56 Å². The maximum Gasteiger partial charge on any atom is 0.266 e. The van der Waals surface area contributed by atoms with Crippen LogP contribution in [0.4, 0.5) is 5.69 Å². The van der Waals surface area contributed by atoms with Crippen LogP contribution < -0.4 is 5.32 Å². The summed E-state index contributed by atoms with van der Waals surface area (Å²) in [5.74, 6) is -0.690. The molecule has 0 saturated heterocycles. The van der Waals surface area contributed by atoms with Gasteiger partial charge in [-0.25, -0.2) is 0 Å². The molecule has 1 heterocycles. The first-order chi connectivity index (χ1) is 13.5. The van der Waals surface area contributed by atoms with Crippen molar-refractivity contribution >= 4 is 35.1 Å². The summed E-state index contributed by atoms with van der Waals surface area (Å²) in [7, 11) is 0. The van der Waals surface area contributed by atoms with Crippen LogP contribution in [0.2, 0.25) is 5.02 Å². The molecule has 6 nitrogen and oxygen atoms in total. The number of amides is 1. The van der Waals surface area contributed by atoms with Crippen molar-refractivity contribution in [3.05, 3.63) is 76.5 Å². The zero-order chi connectivity index (χ0) is 20.1. The number of aromatic nitrogens is 2. The number of rotatable bonds is 5. The summed E-state index contributed by atoms with van der Waals surface area (Å²) in [4.78, 5) is 24.0. The molecule has 3 rings (SSSR count). The van der Waals surface area contributed by atoms with Gasteiger partial charge in [0.15, 0.2) is 5.78 Å². The quantitative estimate of drug-likeness (QED) is 0.381. The van der Waals surface area contributed by atoms with Crippen molar-refractivity contribution < 1.29 is 9.59 Å². The van der Waals surface area contributed by atoms with Crippen LogP contribution in [0, 0.1) is 11.3 Å². The number of carbonyl (C=O) groups excluding carboxylic acids is 2. The lowest BCUT2D eigenvalue weighted by molar-refractivity contribution is -0.112. The number of H-pyrrole nitrogens is 1. The number of aromatic amines is 1. The second-order valence-corrected chi connectivity index (χ2v) is 6.40. The van der Waals surface area contributed by atoms with E-state index in [1.807, 2.05) is 18.2 Å². The first kappa shape index (κ1) is 19.1. The summed E-state index contributed by atoms with van der Waals surface area (Å²) in [5, 5.41) is 19.5. The van der Waals surface area contributed by atoms with Gasteiger partial charge in [-0.1, -0.05) is 35.9 Å².